The molecule has 0 saturated heterocycles. The molecule has 5 nitrogen and oxygen atoms in total. The predicted molar refractivity (Wildman–Crippen MR) is 44.2 cm³/mol. The maximum absolute atomic E-state index is 10.5. The van der Waals surface area contributed by atoms with E-state index < -0.39 is 29.4 Å². The molecular weight excluding hydrogens is 176 g/mol. The molecule has 3 N–H and O–H groups in total. The fraction of sp³-hybridized carbons (Fsp3) is 0.750. The highest BCUT2D eigenvalue weighted by molar-refractivity contribution is 5.93. The molecule has 0 saturated carbocycles. The summed E-state index contributed by atoms with van der Waals surface area (Å²) in [7, 11) is 0. The fourth-order valence-electron chi connectivity index (χ4n) is 0.876. The number of carboxylic acid groups (broad SMARTS) is 2. The summed E-state index contributed by atoms with van der Waals surface area (Å²) in [6.07, 6.45) is -1.40. The molecule has 0 heterocycles. The summed E-state index contributed by atoms with van der Waals surface area (Å²) in [4.78, 5) is 21.0. The smallest absolute Gasteiger partial charge is 0.320 e. The number of aliphatic hydroxyl groups excluding tert-OH is 1. The lowest BCUT2D eigenvalue weighted by atomic mass is 9.81. The number of carbonyl (C=O) groups is 2. The number of hydrogen-bond donors (Lipinski definition) is 3. The molecule has 0 aromatic rings. The highest BCUT2D eigenvalue weighted by atomic mass is 16.4. The number of aliphatic hydroxyl groups is 1. The summed E-state index contributed by atoms with van der Waals surface area (Å²) < 4.78 is 0. The molecule has 0 radical (unpaired) electrons. The van der Waals surface area contributed by atoms with Gasteiger partial charge in [-0.05, 0) is 5.41 Å². The van der Waals surface area contributed by atoms with Gasteiger partial charge in [-0.3, -0.25) is 9.59 Å². The summed E-state index contributed by atoms with van der Waals surface area (Å²) in [5, 5.41) is 26.5. The lowest BCUT2D eigenvalue weighted by Crippen LogP contribution is -2.42. The van der Waals surface area contributed by atoms with E-state index in [1.54, 1.807) is 20.8 Å². The van der Waals surface area contributed by atoms with Crippen LogP contribution in [0.25, 0.3) is 0 Å². The van der Waals surface area contributed by atoms with Crippen LogP contribution in [0.5, 0.6) is 0 Å². The molecule has 76 valence electrons. The molecule has 5 heteroatoms. The van der Waals surface area contributed by atoms with Gasteiger partial charge in [0.1, 0.15) is 0 Å². The molecule has 0 amide bonds. The van der Waals surface area contributed by atoms with Crippen molar-refractivity contribution in [2.45, 2.75) is 26.9 Å². The van der Waals surface area contributed by atoms with Gasteiger partial charge in [0, 0.05) is 0 Å². The van der Waals surface area contributed by atoms with E-state index in [9.17, 15) is 14.7 Å². The average molecular weight is 190 g/mol. The van der Waals surface area contributed by atoms with E-state index in [2.05, 4.69) is 0 Å². The van der Waals surface area contributed by atoms with Crippen molar-refractivity contribution in [2.75, 3.05) is 0 Å². The Morgan fingerprint density at radius 2 is 1.38 bits per heavy atom. The van der Waals surface area contributed by atoms with E-state index in [0.717, 1.165) is 0 Å². The van der Waals surface area contributed by atoms with E-state index in [4.69, 9.17) is 10.2 Å². The second-order valence-corrected chi connectivity index (χ2v) is 3.97. The molecule has 0 aromatic heterocycles. The molecule has 0 aliphatic carbocycles. The average Bonchev–Trinajstić information content (AvgIpc) is 1.82. The number of aliphatic carboxylic acids is 2. The van der Waals surface area contributed by atoms with Crippen molar-refractivity contribution >= 4 is 11.9 Å². The third-order valence-corrected chi connectivity index (χ3v) is 1.74. The van der Waals surface area contributed by atoms with Gasteiger partial charge >= 0.3 is 11.9 Å². The molecule has 13 heavy (non-hydrogen) atoms. The molecule has 1 atom stereocenters. The maximum atomic E-state index is 10.5. The van der Waals surface area contributed by atoms with E-state index in [0.29, 0.717) is 0 Å². The summed E-state index contributed by atoms with van der Waals surface area (Å²) in [6.45, 7) is 4.74. The minimum Gasteiger partial charge on any atom is -0.481 e. The number of hydrogen-bond acceptors (Lipinski definition) is 3. The SMILES string of the molecule is CC(C)(C)C(O)C(C(=O)O)C(=O)O. The third kappa shape index (κ3) is 3.02. The Balaban J connectivity index is 4.77. The van der Waals surface area contributed by atoms with Gasteiger partial charge in [-0.15, -0.1) is 0 Å². The Morgan fingerprint density at radius 1 is 1.08 bits per heavy atom. The van der Waals surface area contributed by atoms with Crippen LogP contribution in [0, 0.1) is 11.3 Å². The topological polar surface area (TPSA) is 94.8 Å². The van der Waals surface area contributed by atoms with Crippen LogP contribution in [0.15, 0.2) is 0 Å². The third-order valence-electron chi connectivity index (χ3n) is 1.74. The maximum Gasteiger partial charge on any atom is 0.320 e. The largest absolute Gasteiger partial charge is 0.481 e. The monoisotopic (exact) mass is 190 g/mol. The van der Waals surface area contributed by atoms with Crippen LogP contribution in [0.4, 0.5) is 0 Å². The van der Waals surface area contributed by atoms with Crippen molar-refractivity contribution in [1.82, 2.24) is 0 Å². The van der Waals surface area contributed by atoms with Gasteiger partial charge in [0.2, 0.25) is 0 Å². The first-order valence-corrected chi connectivity index (χ1v) is 3.81. The second kappa shape index (κ2) is 3.74. The van der Waals surface area contributed by atoms with Crippen LogP contribution < -0.4 is 0 Å². The van der Waals surface area contributed by atoms with Gasteiger partial charge < -0.3 is 15.3 Å². The van der Waals surface area contributed by atoms with Crippen molar-refractivity contribution in [1.29, 1.82) is 0 Å². The van der Waals surface area contributed by atoms with Crippen LogP contribution in [0.2, 0.25) is 0 Å². The zero-order valence-corrected chi connectivity index (χ0v) is 7.81. The zero-order valence-electron chi connectivity index (χ0n) is 7.81. The van der Waals surface area contributed by atoms with Gasteiger partial charge in [0.25, 0.3) is 0 Å². The molecule has 0 aliphatic rings. The molecule has 0 spiro atoms. The summed E-state index contributed by atoms with van der Waals surface area (Å²) in [5.41, 5.74) is -0.762. The van der Waals surface area contributed by atoms with Crippen molar-refractivity contribution in [3.8, 4) is 0 Å². The Labute approximate surface area is 76.0 Å². The van der Waals surface area contributed by atoms with Crippen LogP contribution in [0.1, 0.15) is 20.8 Å². The lowest BCUT2D eigenvalue weighted by molar-refractivity contribution is -0.163. The Morgan fingerprint density at radius 3 is 1.46 bits per heavy atom. The fourth-order valence-corrected chi connectivity index (χ4v) is 0.876. The molecular formula is C8H14O5. The highest BCUT2D eigenvalue weighted by Gasteiger charge is 2.40. The quantitative estimate of drug-likeness (QED) is 0.552. The Kier molecular flexibility index (Phi) is 3.42. The van der Waals surface area contributed by atoms with Crippen LogP contribution in [-0.2, 0) is 9.59 Å². The van der Waals surface area contributed by atoms with Crippen LogP contribution in [0.3, 0.4) is 0 Å². The summed E-state index contributed by atoms with van der Waals surface area (Å²) in [6, 6.07) is 0. The van der Waals surface area contributed by atoms with Crippen molar-refractivity contribution in [3.05, 3.63) is 0 Å². The first-order valence-electron chi connectivity index (χ1n) is 3.81. The standard InChI is InChI=1S/C8H14O5/c1-8(2,3)5(9)4(6(10)11)7(12)13/h4-5,9H,1-3H3,(H,10,11)(H,12,13). The molecule has 0 fully saturated rings. The Bertz CT molecular complexity index is 201. The van der Waals surface area contributed by atoms with E-state index >= 15 is 0 Å². The molecule has 0 aromatic carbocycles. The highest BCUT2D eigenvalue weighted by Crippen LogP contribution is 2.25. The first-order chi connectivity index (χ1) is 5.68. The van der Waals surface area contributed by atoms with Gasteiger partial charge in [-0.1, -0.05) is 20.8 Å². The van der Waals surface area contributed by atoms with Crippen LogP contribution in [-0.4, -0.2) is 33.4 Å². The van der Waals surface area contributed by atoms with E-state index in [1.807, 2.05) is 0 Å². The van der Waals surface area contributed by atoms with Gasteiger partial charge in [0.15, 0.2) is 5.92 Å². The van der Waals surface area contributed by atoms with Crippen molar-refractivity contribution in [2.24, 2.45) is 11.3 Å². The van der Waals surface area contributed by atoms with Crippen LogP contribution >= 0.6 is 0 Å². The van der Waals surface area contributed by atoms with E-state index in [1.165, 1.54) is 0 Å². The zero-order chi connectivity index (χ0) is 10.8. The minimum atomic E-state index is -1.76. The van der Waals surface area contributed by atoms with Crippen molar-refractivity contribution in [3.63, 3.8) is 0 Å². The number of rotatable bonds is 3. The summed E-state index contributed by atoms with van der Waals surface area (Å²) in [5.74, 6) is -4.80. The molecule has 1 unspecified atom stereocenters. The van der Waals surface area contributed by atoms with Crippen molar-refractivity contribution < 1.29 is 24.9 Å². The predicted octanol–water partition coefficient (Wildman–Crippen LogP) is 0.179. The number of carboxylic acids is 2. The van der Waals surface area contributed by atoms with Gasteiger partial charge in [-0.2, -0.15) is 0 Å². The molecule has 0 rings (SSSR count). The first kappa shape index (κ1) is 11.9. The summed E-state index contributed by atoms with van der Waals surface area (Å²) >= 11 is 0. The lowest BCUT2D eigenvalue weighted by Gasteiger charge is -2.28. The molecule has 0 bridgehead atoms. The molecule has 0 aliphatic heterocycles. The second-order valence-electron chi connectivity index (χ2n) is 3.97. The van der Waals surface area contributed by atoms with Gasteiger partial charge in [-0.25, -0.2) is 0 Å². The van der Waals surface area contributed by atoms with Gasteiger partial charge in [0.05, 0.1) is 6.10 Å². The van der Waals surface area contributed by atoms with E-state index in [-0.39, 0.29) is 0 Å². The Hall–Kier alpha value is -1.10. The normalized spacial score (nSPS) is 14.2. The minimum absolute atomic E-state index is 0.762.